The predicted molar refractivity (Wildman–Crippen MR) is 114 cm³/mol. The van der Waals surface area contributed by atoms with Crippen LogP contribution in [0, 0.1) is 0 Å². The molecule has 1 aliphatic heterocycles. The van der Waals surface area contributed by atoms with E-state index < -0.39 is 0 Å². The second-order valence-electron chi connectivity index (χ2n) is 7.74. The average Bonchev–Trinajstić information content (AvgIpc) is 3.40. The van der Waals surface area contributed by atoms with Gasteiger partial charge in [-0.3, -0.25) is 4.98 Å². The number of hydrogen-bond donors (Lipinski definition) is 1. The van der Waals surface area contributed by atoms with Crippen LogP contribution in [0.3, 0.4) is 0 Å². The van der Waals surface area contributed by atoms with Crippen LogP contribution < -0.4 is 5.32 Å². The van der Waals surface area contributed by atoms with Gasteiger partial charge in [0, 0.05) is 35.0 Å². The van der Waals surface area contributed by atoms with Crippen molar-refractivity contribution >= 4 is 5.71 Å². The molecule has 3 heterocycles. The highest BCUT2D eigenvalue weighted by Crippen LogP contribution is 2.40. The largest absolute Gasteiger partial charge is 0.460 e. The summed E-state index contributed by atoms with van der Waals surface area (Å²) in [5, 5.41) is 7.62. The number of rotatable bonds is 4. The quantitative estimate of drug-likeness (QED) is 0.655. The third-order valence-corrected chi connectivity index (χ3v) is 5.99. The van der Waals surface area contributed by atoms with Crippen molar-refractivity contribution in [2.24, 2.45) is 5.16 Å². The average molecular weight is 387 g/mol. The third kappa shape index (κ3) is 3.47. The monoisotopic (exact) mass is 387 g/mol. The van der Waals surface area contributed by atoms with Crippen molar-refractivity contribution in [3.8, 4) is 22.5 Å². The zero-order chi connectivity index (χ0) is 19.6. The van der Waals surface area contributed by atoms with Gasteiger partial charge in [-0.2, -0.15) is 0 Å². The first kappa shape index (κ1) is 18.1. The molecule has 1 fully saturated rings. The Kier molecular flexibility index (Phi) is 4.90. The van der Waals surface area contributed by atoms with Gasteiger partial charge in [-0.05, 0) is 74.2 Å². The molecule has 148 valence electrons. The Morgan fingerprint density at radius 3 is 2.62 bits per heavy atom. The summed E-state index contributed by atoms with van der Waals surface area (Å²) in [4.78, 5) is 9.18. The molecule has 0 bridgehead atoms. The molecule has 5 nitrogen and oxygen atoms in total. The Morgan fingerprint density at radius 1 is 1.00 bits per heavy atom. The third-order valence-electron chi connectivity index (χ3n) is 5.99. The molecular weight excluding hydrogens is 362 g/mol. The van der Waals surface area contributed by atoms with Crippen LogP contribution in [0.4, 0.5) is 0 Å². The van der Waals surface area contributed by atoms with E-state index in [1.807, 2.05) is 12.4 Å². The van der Waals surface area contributed by atoms with Crippen molar-refractivity contribution < 1.29 is 9.25 Å². The van der Waals surface area contributed by atoms with Crippen molar-refractivity contribution in [2.75, 3.05) is 20.2 Å². The van der Waals surface area contributed by atoms with E-state index in [1.54, 1.807) is 7.11 Å². The molecule has 2 aromatic heterocycles. The van der Waals surface area contributed by atoms with E-state index in [2.05, 4.69) is 51.9 Å². The summed E-state index contributed by atoms with van der Waals surface area (Å²) in [6.45, 7) is 2.09. The van der Waals surface area contributed by atoms with Crippen molar-refractivity contribution in [3.05, 3.63) is 65.7 Å². The molecule has 29 heavy (non-hydrogen) atoms. The Labute approximate surface area is 170 Å². The lowest BCUT2D eigenvalue weighted by Gasteiger charge is -2.20. The number of oxime groups is 1. The zero-order valence-corrected chi connectivity index (χ0v) is 16.6. The molecule has 0 saturated carbocycles. The van der Waals surface area contributed by atoms with Gasteiger partial charge < -0.3 is 14.6 Å². The second kappa shape index (κ2) is 7.84. The molecule has 5 heteroatoms. The van der Waals surface area contributed by atoms with Gasteiger partial charge in [0.15, 0.2) is 0 Å². The molecule has 1 saturated heterocycles. The molecule has 1 aromatic carbocycles. The van der Waals surface area contributed by atoms with Gasteiger partial charge in [0.2, 0.25) is 0 Å². The Hall–Kier alpha value is -2.92. The molecule has 1 aliphatic carbocycles. The van der Waals surface area contributed by atoms with Gasteiger partial charge in [0.1, 0.15) is 18.6 Å². The molecule has 2 aliphatic rings. The van der Waals surface area contributed by atoms with Crippen molar-refractivity contribution in [3.63, 3.8) is 0 Å². The Bertz CT molecular complexity index is 1030. The maximum atomic E-state index is 6.53. The number of benzene rings is 1. The van der Waals surface area contributed by atoms with Gasteiger partial charge in [-0.1, -0.05) is 17.3 Å². The summed E-state index contributed by atoms with van der Waals surface area (Å²) >= 11 is 0. The van der Waals surface area contributed by atoms with Crippen LogP contribution in [0.1, 0.15) is 42.1 Å². The highest BCUT2D eigenvalue weighted by Gasteiger charge is 2.24. The summed E-state index contributed by atoms with van der Waals surface area (Å²) in [6.07, 6.45) is 7.81. The van der Waals surface area contributed by atoms with Gasteiger partial charge >= 0.3 is 0 Å². The standard InChI is InChI=1S/C24H25N3O2/c1-28-27-22-5-3-18-14-19(2-4-20(18)22)24-21(16-6-10-25-11-7-16)15-23(29-24)17-8-12-26-13-9-17/h2,4,6-7,10-11,14-15,17,26H,3,5,8-9,12-13H2,1H3. The number of nitrogens with zero attached hydrogens (tertiary/aromatic N) is 2. The second-order valence-corrected chi connectivity index (χ2v) is 7.74. The lowest BCUT2D eigenvalue weighted by molar-refractivity contribution is 0.213. The molecule has 0 amide bonds. The number of furan rings is 1. The van der Waals surface area contributed by atoms with E-state index in [-0.39, 0.29) is 0 Å². The summed E-state index contributed by atoms with van der Waals surface area (Å²) in [5.41, 5.74) is 6.92. The molecule has 1 N–H and O–H groups in total. The first-order valence-electron chi connectivity index (χ1n) is 10.3. The number of aromatic nitrogens is 1. The number of piperidine rings is 1. The van der Waals surface area contributed by atoms with Gasteiger partial charge in [-0.25, -0.2) is 0 Å². The van der Waals surface area contributed by atoms with Crippen LogP contribution in [-0.2, 0) is 11.3 Å². The van der Waals surface area contributed by atoms with Crippen molar-refractivity contribution in [1.29, 1.82) is 0 Å². The van der Waals surface area contributed by atoms with Crippen LogP contribution in [0.25, 0.3) is 22.5 Å². The SMILES string of the molecule is CON=C1CCc2cc(-c3oc(C4CCNCC4)cc3-c3ccncc3)ccc21. The zero-order valence-electron chi connectivity index (χ0n) is 16.6. The molecular formula is C24H25N3O2. The Morgan fingerprint density at radius 2 is 1.83 bits per heavy atom. The topological polar surface area (TPSA) is 59.7 Å². The Balaban J connectivity index is 1.59. The van der Waals surface area contributed by atoms with E-state index in [0.29, 0.717) is 5.92 Å². The van der Waals surface area contributed by atoms with Gasteiger partial charge in [0.25, 0.3) is 0 Å². The van der Waals surface area contributed by atoms with Crippen LogP contribution in [0.15, 0.2) is 58.4 Å². The fourth-order valence-corrected chi connectivity index (χ4v) is 4.49. The van der Waals surface area contributed by atoms with Crippen LogP contribution >= 0.6 is 0 Å². The van der Waals surface area contributed by atoms with Crippen LogP contribution in [0.2, 0.25) is 0 Å². The van der Waals surface area contributed by atoms with Crippen molar-refractivity contribution in [1.82, 2.24) is 10.3 Å². The minimum Gasteiger partial charge on any atom is -0.460 e. The predicted octanol–water partition coefficient (Wildman–Crippen LogP) is 4.77. The highest BCUT2D eigenvalue weighted by molar-refractivity contribution is 6.04. The normalized spacial score (nSPS) is 18.2. The van der Waals surface area contributed by atoms with E-state index >= 15 is 0 Å². The first-order valence-corrected chi connectivity index (χ1v) is 10.3. The summed E-state index contributed by atoms with van der Waals surface area (Å²) in [5.74, 6) is 2.51. The lowest BCUT2D eigenvalue weighted by Crippen LogP contribution is -2.26. The van der Waals surface area contributed by atoms with Crippen LogP contribution in [-0.4, -0.2) is 30.9 Å². The minimum atomic E-state index is 0.473. The van der Waals surface area contributed by atoms with E-state index in [4.69, 9.17) is 9.25 Å². The highest BCUT2D eigenvalue weighted by atomic mass is 16.6. The number of nitrogens with one attached hydrogen (secondary N) is 1. The number of fused-ring (bicyclic) bond motifs is 1. The molecule has 5 rings (SSSR count). The smallest absolute Gasteiger partial charge is 0.142 e. The van der Waals surface area contributed by atoms with Crippen LogP contribution in [0.5, 0.6) is 0 Å². The maximum absolute atomic E-state index is 6.53. The summed E-state index contributed by atoms with van der Waals surface area (Å²) in [7, 11) is 1.60. The number of hydrogen-bond acceptors (Lipinski definition) is 5. The van der Waals surface area contributed by atoms with E-state index in [1.165, 1.54) is 11.1 Å². The molecule has 0 radical (unpaired) electrons. The fourth-order valence-electron chi connectivity index (χ4n) is 4.49. The summed E-state index contributed by atoms with van der Waals surface area (Å²) in [6, 6.07) is 12.9. The van der Waals surface area contributed by atoms with Gasteiger partial charge in [0.05, 0.1) is 5.71 Å². The van der Waals surface area contributed by atoms with E-state index in [9.17, 15) is 0 Å². The molecule has 0 atom stereocenters. The van der Waals surface area contributed by atoms with E-state index in [0.717, 1.165) is 72.7 Å². The fraction of sp³-hybridized carbons (Fsp3) is 0.333. The molecule has 0 spiro atoms. The first-order chi connectivity index (χ1) is 14.3. The summed E-state index contributed by atoms with van der Waals surface area (Å²) < 4.78 is 6.53. The number of pyridine rings is 1. The number of aryl methyl sites for hydroxylation is 1. The molecule has 0 unspecified atom stereocenters. The lowest BCUT2D eigenvalue weighted by atomic mass is 9.94. The van der Waals surface area contributed by atoms with Crippen molar-refractivity contribution in [2.45, 2.75) is 31.6 Å². The maximum Gasteiger partial charge on any atom is 0.142 e. The van der Waals surface area contributed by atoms with Gasteiger partial charge in [-0.15, -0.1) is 0 Å². The molecule has 3 aromatic rings. The minimum absolute atomic E-state index is 0.473.